The van der Waals surface area contributed by atoms with Crippen LogP contribution in [0.5, 0.6) is 0 Å². The van der Waals surface area contributed by atoms with E-state index in [1.165, 1.54) is 0 Å². The van der Waals surface area contributed by atoms with Crippen LogP contribution >= 0.6 is 0 Å². The largest absolute Gasteiger partial charge is 2.00 e. The van der Waals surface area contributed by atoms with Crippen molar-refractivity contribution in [3.8, 4) is 0 Å². The van der Waals surface area contributed by atoms with E-state index < -0.39 is 10.2 Å². The summed E-state index contributed by atoms with van der Waals surface area (Å²) in [4.78, 5) is 16.5. The molecule has 10 heteroatoms. The van der Waals surface area contributed by atoms with E-state index in [9.17, 15) is 0 Å². The summed E-state index contributed by atoms with van der Waals surface area (Å²) in [6.07, 6.45) is 0. The topological polar surface area (TPSA) is 132 Å². The van der Waals surface area contributed by atoms with Gasteiger partial charge in [0.15, 0.2) is 0 Å². The smallest absolute Gasteiger partial charge is 0.356 e. The zero-order valence-electron chi connectivity index (χ0n) is 4.35. The van der Waals surface area contributed by atoms with Gasteiger partial charge in [-0.2, -0.15) is 0 Å². The van der Waals surface area contributed by atoms with Gasteiger partial charge in [0.2, 0.25) is 0 Å². The summed E-state index contributed by atoms with van der Waals surface area (Å²) in [5, 5.41) is 29.5. The Morgan fingerprint density at radius 1 is 0.800 bits per heavy atom. The second-order valence-electron chi connectivity index (χ2n) is 0.447. The molecular weight excluding hydrogens is 228 g/mol. The molecule has 0 heterocycles. The zero-order chi connectivity index (χ0) is 7.15. The van der Waals surface area contributed by atoms with Crippen molar-refractivity contribution in [1.29, 1.82) is 0 Å². The van der Waals surface area contributed by atoms with Crippen molar-refractivity contribution in [1.82, 2.24) is 0 Å². The fourth-order valence-electron chi connectivity index (χ4n) is 0. The van der Waals surface area contributed by atoms with E-state index >= 15 is 0 Å². The summed E-state index contributed by atoms with van der Waals surface area (Å²) in [6, 6.07) is 0. The monoisotopic (exact) mass is 227 g/mol. The van der Waals surface area contributed by atoms with Gasteiger partial charge in [0, 0.05) is 17.1 Å². The molecule has 0 fully saturated rings. The molecule has 8 nitrogen and oxygen atoms in total. The van der Waals surface area contributed by atoms with Gasteiger partial charge in [-0.25, -0.2) is 0 Å². The second kappa shape index (κ2) is 16.1. The van der Waals surface area contributed by atoms with Gasteiger partial charge in [-0.05, 0) is 0 Å². The fourth-order valence-corrected chi connectivity index (χ4v) is 0. The molecule has 0 N–H and O–H groups in total. The first-order valence-corrected chi connectivity index (χ1v) is 1.10. The third-order valence-corrected chi connectivity index (χ3v) is 0. The SMILES string of the molecule is O=[N+]([O-])[O-].O=[N+]([O-])[O-].[Ca+2].[Cu]. The van der Waals surface area contributed by atoms with E-state index in [4.69, 9.17) is 30.6 Å². The van der Waals surface area contributed by atoms with Gasteiger partial charge in [0.1, 0.15) is 0 Å². The fraction of sp³-hybridized carbons (Fsp3) is 0. The molecule has 0 atom stereocenters. The van der Waals surface area contributed by atoms with Gasteiger partial charge in [0.05, 0.1) is 10.2 Å². The maximum absolute atomic E-state index is 8.25. The Labute approximate surface area is 94.9 Å². The molecule has 10 heavy (non-hydrogen) atoms. The van der Waals surface area contributed by atoms with Crippen LogP contribution in [0.25, 0.3) is 0 Å². The van der Waals surface area contributed by atoms with Crippen LogP contribution in [0.15, 0.2) is 0 Å². The average molecular weight is 228 g/mol. The Morgan fingerprint density at radius 3 is 0.800 bits per heavy atom. The van der Waals surface area contributed by atoms with Gasteiger partial charge in [0.25, 0.3) is 0 Å². The standard InChI is InChI=1S/Ca.Cu.2NO3/c;;2*2-1(3)4/q+2;;2*-1. The van der Waals surface area contributed by atoms with E-state index in [0.29, 0.717) is 0 Å². The Balaban J connectivity index is -0.0000000300. The second-order valence-corrected chi connectivity index (χ2v) is 0.447. The maximum atomic E-state index is 8.25. The molecule has 0 spiro atoms. The molecule has 0 aliphatic carbocycles. The molecule has 0 amide bonds. The van der Waals surface area contributed by atoms with Gasteiger partial charge >= 0.3 is 37.7 Å². The van der Waals surface area contributed by atoms with Crippen LogP contribution in [0.2, 0.25) is 0 Å². The predicted octanol–water partition coefficient (Wildman–Crippen LogP) is -0.862. The van der Waals surface area contributed by atoms with Crippen LogP contribution in [-0.4, -0.2) is 47.9 Å². The van der Waals surface area contributed by atoms with Crippen LogP contribution < -0.4 is 0 Å². The van der Waals surface area contributed by atoms with E-state index in [1.807, 2.05) is 0 Å². The summed E-state index contributed by atoms with van der Waals surface area (Å²) in [5.41, 5.74) is 0. The van der Waals surface area contributed by atoms with Crippen molar-refractivity contribution in [2.45, 2.75) is 0 Å². The molecule has 0 aliphatic rings. The molecule has 0 aromatic rings. The van der Waals surface area contributed by atoms with Crippen molar-refractivity contribution >= 4 is 37.7 Å². The van der Waals surface area contributed by atoms with Gasteiger partial charge in [-0.15, -0.1) is 0 Å². The maximum Gasteiger partial charge on any atom is 2.00 e. The third kappa shape index (κ3) is 13100. The average Bonchev–Trinajstić information content (AvgIpc) is 1.25. The molecule has 0 aliphatic heterocycles. The van der Waals surface area contributed by atoms with Crippen LogP contribution in [0, 0.1) is 30.6 Å². The summed E-state index contributed by atoms with van der Waals surface area (Å²) in [5.74, 6) is 0. The predicted molar refractivity (Wildman–Crippen MR) is 26.5 cm³/mol. The molecular formula is CaCuN2O6. The molecule has 0 saturated carbocycles. The number of hydrogen-bond donors (Lipinski definition) is 0. The van der Waals surface area contributed by atoms with Crippen molar-refractivity contribution in [3.05, 3.63) is 30.6 Å². The first-order valence-electron chi connectivity index (χ1n) is 1.10. The Morgan fingerprint density at radius 2 is 0.800 bits per heavy atom. The summed E-state index contributed by atoms with van der Waals surface area (Å²) >= 11 is 0. The zero-order valence-corrected chi connectivity index (χ0v) is 7.50. The number of nitrogens with zero attached hydrogens (tertiary/aromatic N) is 2. The Bertz CT molecular complexity index is 73.7. The molecule has 0 saturated heterocycles. The van der Waals surface area contributed by atoms with Crippen molar-refractivity contribution < 1.29 is 27.2 Å². The van der Waals surface area contributed by atoms with Crippen LogP contribution in [0.3, 0.4) is 0 Å². The van der Waals surface area contributed by atoms with Gasteiger partial charge in [-0.3, -0.25) is 0 Å². The van der Waals surface area contributed by atoms with E-state index in [0.717, 1.165) is 0 Å². The van der Waals surface area contributed by atoms with Crippen LogP contribution in [0.4, 0.5) is 0 Å². The minimum Gasteiger partial charge on any atom is -0.356 e. The van der Waals surface area contributed by atoms with E-state index in [-0.39, 0.29) is 54.8 Å². The first-order chi connectivity index (χ1) is 3.46. The third-order valence-electron chi connectivity index (χ3n) is 0. The molecule has 0 aromatic carbocycles. The van der Waals surface area contributed by atoms with Crippen molar-refractivity contribution in [2.24, 2.45) is 0 Å². The Hall–Kier alpha value is 0.179. The number of rotatable bonds is 0. The van der Waals surface area contributed by atoms with Gasteiger partial charge < -0.3 is 30.6 Å². The summed E-state index contributed by atoms with van der Waals surface area (Å²) < 4.78 is 0. The summed E-state index contributed by atoms with van der Waals surface area (Å²) in [7, 11) is 0. The normalized spacial score (nSPS) is 4.80. The molecule has 0 bridgehead atoms. The molecule has 1 radical (unpaired) electrons. The minimum atomic E-state index is -1.75. The summed E-state index contributed by atoms with van der Waals surface area (Å²) in [6.45, 7) is 0. The van der Waals surface area contributed by atoms with Crippen molar-refractivity contribution in [3.63, 3.8) is 0 Å². The van der Waals surface area contributed by atoms with E-state index in [2.05, 4.69) is 0 Å². The first kappa shape index (κ1) is 22.5. The Kier molecular flexibility index (Phi) is 36.1. The molecule has 0 rings (SSSR count). The quantitative estimate of drug-likeness (QED) is 0.300. The van der Waals surface area contributed by atoms with Crippen LogP contribution in [0.1, 0.15) is 0 Å². The minimum absolute atomic E-state index is 0. The molecule has 0 unspecified atom stereocenters. The van der Waals surface area contributed by atoms with Crippen LogP contribution in [-0.2, 0) is 17.1 Å². The molecule has 59 valence electrons. The van der Waals surface area contributed by atoms with E-state index in [1.54, 1.807) is 0 Å². The van der Waals surface area contributed by atoms with Gasteiger partial charge in [-0.1, -0.05) is 0 Å². The number of hydrogen-bond acceptors (Lipinski definition) is 6. The van der Waals surface area contributed by atoms with Crippen molar-refractivity contribution in [2.75, 3.05) is 0 Å². The molecule has 0 aromatic heterocycles.